The van der Waals surface area contributed by atoms with Gasteiger partial charge in [-0.05, 0) is 17.7 Å². The molecule has 32 heavy (non-hydrogen) atoms. The number of benzene rings is 2. The topological polar surface area (TPSA) is 120 Å². The van der Waals surface area contributed by atoms with Crippen LogP contribution >= 0.6 is 11.6 Å². The van der Waals surface area contributed by atoms with E-state index < -0.39 is 17.2 Å². The molecule has 0 aliphatic carbocycles. The number of halogens is 1. The maximum absolute atomic E-state index is 13.2. The standard InChI is InChI=1S/C22H21ClN4O5/c1-26(21(29)14-10-15(23)18-16(11-14)31-8-5-9-32-18)17-19(24)27(22(30)25-20(17)28)12-13-6-3-2-4-7-13/h2-4,6-7,10-11H,5,8-9,12,24H2,1H3,(H,25,28,30). The smallest absolute Gasteiger partial charge is 0.330 e. The zero-order chi connectivity index (χ0) is 22.8. The molecule has 0 saturated carbocycles. The first-order valence-electron chi connectivity index (χ1n) is 9.90. The molecule has 0 bridgehead atoms. The van der Waals surface area contributed by atoms with Crippen LogP contribution in [0.15, 0.2) is 52.1 Å². The van der Waals surface area contributed by atoms with Gasteiger partial charge in [-0.15, -0.1) is 0 Å². The van der Waals surface area contributed by atoms with E-state index >= 15 is 0 Å². The minimum Gasteiger partial charge on any atom is -0.489 e. The van der Waals surface area contributed by atoms with Crippen molar-refractivity contribution in [1.29, 1.82) is 0 Å². The molecule has 0 radical (unpaired) electrons. The Labute approximate surface area is 187 Å². The van der Waals surface area contributed by atoms with Crippen LogP contribution in [0.3, 0.4) is 0 Å². The SMILES string of the molecule is CN(C(=O)c1cc(Cl)c2c(c1)OCCCO2)c1c(N)n(Cc2ccccc2)c(=O)[nH]c1=O. The number of carbonyl (C=O) groups is 1. The zero-order valence-corrected chi connectivity index (χ0v) is 18.0. The van der Waals surface area contributed by atoms with Gasteiger partial charge in [-0.25, -0.2) is 4.79 Å². The highest BCUT2D eigenvalue weighted by Gasteiger charge is 2.25. The number of aromatic amines is 1. The maximum Gasteiger partial charge on any atom is 0.330 e. The quantitative estimate of drug-likeness (QED) is 0.621. The van der Waals surface area contributed by atoms with Gasteiger partial charge in [-0.1, -0.05) is 41.9 Å². The second-order valence-corrected chi connectivity index (χ2v) is 7.67. The summed E-state index contributed by atoms with van der Waals surface area (Å²) in [5.74, 6) is 0.0448. The molecule has 0 saturated heterocycles. The number of nitrogens with zero attached hydrogens (tertiary/aromatic N) is 2. The Hall–Kier alpha value is -3.72. The molecule has 0 fully saturated rings. The fourth-order valence-electron chi connectivity index (χ4n) is 3.47. The van der Waals surface area contributed by atoms with E-state index in [1.54, 1.807) is 0 Å². The Morgan fingerprint density at radius 2 is 1.91 bits per heavy atom. The number of H-pyrrole nitrogens is 1. The molecule has 3 aromatic rings. The van der Waals surface area contributed by atoms with Crippen molar-refractivity contribution in [2.45, 2.75) is 13.0 Å². The third-order valence-electron chi connectivity index (χ3n) is 5.09. The first-order valence-corrected chi connectivity index (χ1v) is 10.3. The van der Waals surface area contributed by atoms with Crippen LogP contribution in [0.5, 0.6) is 11.5 Å². The largest absolute Gasteiger partial charge is 0.489 e. The van der Waals surface area contributed by atoms with E-state index in [2.05, 4.69) is 4.98 Å². The van der Waals surface area contributed by atoms with Gasteiger partial charge >= 0.3 is 5.69 Å². The maximum atomic E-state index is 13.2. The third-order valence-corrected chi connectivity index (χ3v) is 5.37. The molecule has 0 unspecified atom stereocenters. The van der Waals surface area contributed by atoms with Gasteiger partial charge in [-0.3, -0.25) is 19.1 Å². The van der Waals surface area contributed by atoms with Gasteiger partial charge < -0.3 is 20.1 Å². The van der Waals surface area contributed by atoms with E-state index in [0.717, 1.165) is 10.5 Å². The van der Waals surface area contributed by atoms with Crippen molar-refractivity contribution in [2.75, 3.05) is 30.9 Å². The first kappa shape index (κ1) is 21.5. The number of aromatic nitrogens is 2. The Kier molecular flexibility index (Phi) is 5.91. The van der Waals surface area contributed by atoms with Crippen LogP contribution < -0.4 is 31.4 Å². The number of nitrogens with two attached hydrogens (primary N) is 1. The van der Waals surface area contributed by atoms with Crippen molar-refractivity contribution in [3.8, 4) is 11.5 Å². The van der Waals surface area contributed by atoms with Crippen molar-refractivity contribution in [2.24, 2.45) is 0 Å². The van der Waals surface area contributed by atoms with Gasteiger partial charge in [-0.2, -0.15) is 0 Å². The second-order valence-electron chi connectivity index (χ2n) is 7.26. The molecule has 10 heteroatoms. The van der Waals surface area contributed by atoms with Gasteiger partial charge in [0.1, 0.15) is 5.82 Å². The van der Waals surface area contributed by atoms with Crippen LogP contribution in [0.2, 0.25) is 5.02 Å². The summed E-state index contributed by atoms with van der Waals surface area (Å²) in [5, 5.41) is 0.220. The van der Waals surface area contributed by atoms with Crippen LogP contribution in [-0.2, 0) is 6.54 Å². The highest BCUT2D eigenvalue weighted by molar-refractivity contribution is 6.32. The highest BCUT2D eigenvalue weighted by Crippen LogP contribution is 2.38. The van der Waals surface area contributed by atoms with Crippen molar-refractivity contribution < 1.29 is 14.3 Å². The predicted octanol–water partition coefficient (Wildman–Crippen LogP) is 2.26. The summed E-state index contributed by atoms with van der Waals surface area (Å²) in [6.07, 6.45) is 0.684. The summed E-state index contributed by atoms with van der Waals surface area (Å²) in [4.78, 5) is 41.5. The molecule has 1 aliphatic heterocycles. The average molecular weight is 457 g/mol. The number of rotatable bonds is 4. The van der Waals surface area contributed by atoms with Crippen molar-refractivity contribution in [3.05, 3.63) is 79.5 Å². The second kappa shape index (κ2) is 8.80. The molecular formula is C22H21ClN4O5. The summed E-state index contributed by atoms with van der Waals surface area (Å²) >= 11 is 6.30. The molecule has 3 N–H and O–H groups in total. The van der Waals surface area contributed by atoms with E-state index in [-0.39, 0.29) is 28.6 Å². The van der Waals surface area contributed by atoms with E-state index in [1.165, 1.54) is 23.7 Å². The molecule has 2 aromatic carbocycles. The summed E-state index contributed by atoms with van der Waals surface area (Å²) < 4.78 is 12.4. The number of anilines is 2. The number of amides is 1. The molecule has 1 aromatic heterocycles. The minimum absolute atomic E-state index is 0.126. The van der Waals surface area contributed by atoms with Gasteiger partial charge in [0.25, 0.3) is 11.5 Å². The lowest BCUT2D eigenvalue weighted by atomic mass is 10.1. The summed E-state index contributed by atoms with van der Waals surface area (Å²) in [6, 6.07) is 12.1. The van der Waals surface area contributed by atoms with E-state index in [1.807, 2.05) is 30.3 Å². The van der Waals surface area contributed by atoms with Crippen LogP contribution in [0.4, 0.5) is 11.5 Å². The number of ether oxygens (including phenoxy) is 2. The third kappa shape index (κ3) is 4.06. The Morgan fingerprint density at radius 1 is 1.19 bits per heavy atom. The summed E-state index contributed by atoms with van der Waals surface area (Å²) in [5.41, 5.74) is 5.60. The lowest BCUT2D eigenvalue weighted by Crippen LogP contribution is -2.39. The fraction of sp³-hybridized carbons (Fsp3) is 0.227. The zero-order valence-electron chi connectivity index (χ0n) is 17.3. The van der Waals surface area contributed by atoms with Crippen molar-refractivity contribution in [1.82, 2.24) is 9.55 Å². The predicted molar refractivity (Wildman–Crippen MR) is 121 cm³/mol. The number of fused-ring (bicyclic) bond motifs is 1. The van der Waals surface area contributed by atoms with E-state index in [4.69, 9.17) is 26.8 Å². The van der Waals surface area contributed by atoms with Crippen LogP contribution in [0, 0.1) is 0 Å². The molecule has 166 valence electrons. The normalized spacial score (nSPS) is 12.8. The van der Waals surface area contributed by atoms with E-state index in [0.29, 0.717) is 31.1 Å². The Balaban J connectivity index is 1.72. The summed E-state index contributed by atoms with van der Waals surface area (Å²) in [6.45, 7) is 1.01. The molecule has 1 amide bonds. The average Bonchev–Trinajstić information content (AvgIpc) is 3.02. The molecule has 0 spiro atoms. The minimum atomic E-state index is -0.770. The molecule has 1 aliphatic rings. The number of carbonyl (C=O) groups excluding carboxylic acids is 1. The fourth-order valence-corrected chi connectivity index (χ4v) is 3.74. The van der Waals surface area contributed by atoms with Crippen molar-refractivity contribution in [3.63, 3.8) is 0 Å². The van der Waals surface area contributed by atoms with Gasteiger partial charge in [0.15, 0.2) is 17.2 Å². The lowest BCUT2D eigenvalue weighted by Gasteiger charge is -2.21. The number of nitrogen functional groups attached to an aromatic ring is 1. The van der Waals surface area contributed by atoms with Crippen LogP contribution in [0.1, 0.15) is 22.3 Å². The number of hydrogen-bond donors (Lipinski definition) is 2. The Bertz CT molecular complexity index is 1290. The van der Waals surface area contributed by atoms with Gasteiger partial charge in [0.2, 0.25) is 0 Å². The summed E-state index contributed by atoms with van der Waals surface area (Å²) in [7, 11) is 1.40. The highest BCUT2D eigenvalue weighted by atomic mass is 35.5. The molecular weight excluding hydrogens is 436 g/mol. The number of nitrogens with one attached hydrogen (secondary N) is 1. The van der Waals surface area contributed by atoms with Gasteiger partial charge in [0.05, 0.1) is 24.8 Å². The van der Waals surface area contributed by atoms with Crippen LogP contribution in [0.25, 0.3) is 0 Å². The van der Waals surface area contributed by atoms with E-state index in [9.17, 15) is 14.4 Å². The lowest BCUT2D eigenvalue weighted by molar-refractivity contribution is 0.0992. The van der Waals surface area contributed by atoms with Gasteiger partial charge in [0, 0.05) is 19.0 Å². The molecule has 9 nitrogen and oxygen atoms in total. The van der Waals surface area contributed by atoms with Crippen molar-refractivity contribution >= 4 is 29.0 Å². The number of hydrogen-bond acceptors (Lipinski definition) is 6. The molecule has 2 heterocycles. The van der Waals surface area contributed by atoms with Crippen LogP contribution in [-0.4, -0.2) is 35.7 Å². The Morgan fingerprint density at radius 3 is 2.66 bits per heavy atom. The first-order chi connectivity index (χ1) is 15.4. The molecule has 0 atom stereocenters. The molecule has 4 rings (SSSR count). The monoisotopic (exact) mass is 456 g/mol.